The lowest BCUT2D eigenvalue weighted by Gasteiger charge is -2.16. The van der Waals surface area contributed by atoms with Crippen molar-refractivity contribution in [2.45, 2.75) is 19.8 Å². The summed E-state index contributed by atoms with van der Waals surface area (Å²) in [7, 11) is 0. The van der Waals surface area contributed by atoms with E-state index in [1.807, 2.05) is 0 Å². The second-order valence-corrected chi connectivity index (χ2v) is 3.77. The number of allylic oxidation sites excluding steroid dienone is 1. The van der Waals surface area contributed by atoms with Crippen LogP contribution in [0.15, 0.2) is 29.2 Å². The van der Waals surface area contributed by atoms with Gasteiger partial charge in [0.25, 0.3) is 0 Å². The van der Waals surface area contributed by atoms with Crippen LogP contribution in [0.1, 0.15) is 19.8 Å². The quantitative estimate of drug-likeness (QED) is 0.549. The Balaban J connectivity index is 2.65. The van der Waals surface area contributed by atoms with Crippen LogP contribution < -0.4 is 5.73 Å². The molecule has 16 heavy (non-hydrogen) atoms. The highest BCUT2D eigenvalue weighted by Gasteiger charge is 2.12. The highest BCUT2D eigenvalue weighted by Crippen LogP contribution is 2.14. The Morgan fingerprint density at radius 1 is 1.50 bits per heavy atom. The van der Waals surface area contributed by atoms with Crippen LogP contribution in [0, 0.1) is 0 Å². The molecule has 0 saturated carbocycles. The van der Waals surface area contributed by atoms with Crippen LogP contribution in [-0.2, 0) is 4.79 Å². The maximum Gasteiger partial charge on any atom is 0.351 e. The summed E-state index contributed by atoms with van der Waals surface area (Å²) in [6, 6.07) is 0. The first-order valence-corrected chi connectivity index (χ1v) is 5.20. The molecule has 0 aliphatic carbocycles. The van der Waals surface area contributed by atoms with Crippen LogP contribution in [0.5, 0.6) is 0 Å². The zero-order valence-electron chi connectivity index (χ0n) is 9.44. The Morgan fingerprint density at radius 3 is 2.56 bits per heavy atom. The van der Waals surface area contributed by atoms with E-state index in [0.717, 1.165) is 25.9 Å². The summed E-state index contributed by atoms with van der Waals surface area (Å²) >= 11 is 0. The molecule has 3 N–H and O–H groups in total. The van der Waals surface area contributed by atoms with E-state index in [9.17, 15) is 4.79 Å². The molecule has 0 spiro atoms. The molecule has 1 heterocycles. The van der Waals surface area contributed by atoms with Gasteiger partial charge in [-0.15, -0.1) is 0 Å². The van der Waals surface area contributed by atoms with Crippen LogP contribution in [0.2, 0.25) is 0 Å². The number of carboxylic acids is 1. The molecular formula is C11H17N3O2. The van der Waals surface area contributed by atoms with E-state index < -0.39 is 5.97 Å². The zero-order chi connectivity index (χ0) is 12.1. The van der Waals surface area contributed by atoms with Gasteiger partial charge in [-0.2, -0.15) is 0 Å². The standard InChI is InChI=1S/C11H17N3O2/c1-8(7-10(12)11(15)16)13-9(2)14-5-3-4-6-14/h7H,2-6,12H2,1H3,(H,15,16)/b10-7-,13-8?. The van der Waals surface area contributed by atoms with Gasteiger partial charge in [-0.3, -0.25) is 0 Å². The molecule has 0 atom stereocenters. The van der Waals surface area contributed by atoms with Gasteiger partial charge in [0.1, 0.15) is 11.5 Å². The van der Waals surface area contributed by atoms with Crippen LogP contribution in [0.3, 0.4) is 0 Å². The van der Waals surface area contributed by atoms with E-state index in [2.05, 4.69) is 16.5 Å². The predicted molar refractivity (Wildman–Crippen MR) is 63.0 cm³/mol. The van der Waals surface area contributed by atoms with E-state index >= 15 is 0 Å². The highest BCUT2D eigenvalue weighted by atomic mass is 16.4. The zero-order valence-corrected chi connectivity index (χ0v) is 9.44. The highest BCUT2D eigenvalue weighted by molar-refractivity contribution is 6.00. The van der Waals surface area contributed by atoms with E-state index in [1.54, 1.807) is 6.92 Å². The SMILES string of the molecule is C=C(N=C(C)/C=C(\N)C(=O)O)N1CCCC1. The topological polar surface area (TPSA) is 78.9 Å². The Bertz CT molecular complexity index is 352. The molecule has 0 aromatic carbocycles. The lowest BCUT2D eigenvalue weighted by atomic mass is 10.3. The van der Waals surface area contributed by atoms with Gasteiger partial charge >= 0.3 is 5.97 Å². The molecule has 0 aromatic heterocycles. The average Bonchev–Trinajstić information content (AvgIpc) is 2.69. The van der Waals surface area contributed by atoms with E-state index in [4.69, 9.17) is 10.8 Å². The number of rotatable bonds is 4. The molecule has 5 nitrogen and oxygen atoms in total. The molecule has 0 radical (unpaired) electrons. The van der Waals surface area contributed by atoms with E-state index in [0.29, 0.717) is 11.5 Å². The lowest BCUT2D eigenvalue weighted by molar-refractivity contribution is -0.132. The van der Waals surface area contributed by atoms with Gasteiger partial charge in [-0.05, 0) is 25.8 Å². The number of aliphatic carboxylic acids is 1. The molecule has 1 aliphatic rings. The molecule has 1 fully saturated rings. The first-order chi connectivity index (χ1) is 7.50. The number of nitrogens with two attached hydrogens (primary N) is 1. The van der Waals surface area contributed by atoms with Crippen molar-refractivity contribution < 1.29 is 9.90 Å². The van der Waals surface area contributed by atoms with Crippen molar-refractivity contribution in [3.8, 4) is 0 Å². The third kappa shape index (κ3) is 3.42. The van der Waals surface area contributed by atoms with Crippen LogP contribution in [-0.4, -0.2) is 34.8 Å². The number of hydrogen-bond donors (Lipinski definition) is 2. The van der Waals surface area contributed by atoms with Gasteiger partial charge in [0, 0.05) is 18.8 Å². The van der Waals surface area contributed by atoms with Crippen molar-refractivity contribution in [1.82, 2.24) is 4.90 Å². The minimum Gasteiger partial charge on any atom is -0.477 e. The molecule has 0 bridgehead atoms. The fraction of sp³-hybridized carbons (Fsp3) is 0.455. The third-order valence-corrected chi connectivity index (χ3v) is 2.39. The fourth-order valence-corrected chi connectivity index (χ4v) is 1.57. The lowest BCUT2D eigenvalue weighted by Crippen LogP contribution is -2.17. The molecule has 0 aromatic rings. The van der Waals surface area contributed by atoms with Gasteiger partial charge in [0.2, 0.25) is 0 Å². The summed E-state index contributed by atoms with van der Waals surface area (Å²) in [4.78, 5) is 16.8. The van der Waals surface area contributed by atoms with Gasteiger partial charge in [-0.25, -0.2) is 9.79 Å². The van der Waals surface area contributed by atoms with Gasteiger partial charge in [-0.1, -0.05) is 6.58 Å². The van der Waals surface area contributed by atoms with Gasteiger partial charge in [0.15, 0.2) is 0 Å². The predicted octanol–water partition coefficient (Wildman–Crippen LogP) is 0.942. The van der Waals surface area contributed by atoms with Crippen LogP contribution in [0.25, 0.3) is 0 Å². The number of carbonyl (C=O) groups is 1. The Hall–Kier alpha value is -1.78. The summed E-state index contributed by atoms with van der Waals surface area (Å²) < 4.78 is 0. The minimum absolute atomic E-state index is 0.213. The van der Waals surface area contributed by atoms with E-state index in [-0.39, 0.29) is 5.70 Å². The molecule has 1 rings (SSSR count). The van der Waals surface area contributed by atoms with Crippen molar-refractivity contribution in [2.75, 3.05) is 13.1 Å². The Labute approximate surface area is 95.0 Å². The fourth-order valence-electron chi connectivity index (χ4n) is 1.57. The number of aliphatic imine (C=N–C) groups is 1. The molecule has 1 aliphatic heterocycles. The molecular weight excluding hydrogens is 206 g/mol. The monoisotopic (exact) mass is 223 g/mol. The summed E-state index contributed by atoms with van der Waals surface area (Å²) in [5.41, 5.74) is 5.62. The third-order valence-electron chi connectivity index (χ3n) is 2.39. The molecule has 0 amide bonds. The molecule has 88 valence electrons. The molecule has 0 unspecified atom stereocenters. The summed E-state index contributed by atoms with van der Waals surface area (Å²) in [5.74, 6) is -0.467. The molecule has 1 saturated heterocycles. The van der Waals surface area contributed by atoms with Crippen molar-refractivity contribution >= 4 is 11.7 Å². The number of likely N-dealkylation sites (tertiary alicyclic amines) is 1. The van der Waals surface area contributed by atoms with Crippen molar-refractivity contribution in [3.05, 3.63) is 24.2 Å². The summed E-state index contributed by atoms with van der Waals surface area (Å²) in [6.45, 7) is 7.49. The van der Waals surface area contributed by atoms with Crippen molar-refractivity contribution in [3.63, 3.8) is 0 Å². The second kappa shape index (κ2) is 5.34. The first-order valence-electron chi connectivity index (χ1n) is 5.20. The van der Waals surface area contributed by atoms with E-state index in [1.165, 1.54) is 6.08 Å². The van der Waals surface area contributed by atoms with Gasteiger partial charge < -0.3 is 15.7 Å². The van der Waals surface area contributed by atoms with Crippen LogP contribution in [0.4, 0.5) is 0 Å². The first kappa shape index (κ1) is 12.3. The maximum absolute atomic E-state index is 10.5. The smallest absolute Gasteiger partial charge is 0.351 e. The number of carboxylic acid groups (broad SMARTS) is 1. The average molecular weight is 223 g/mol. The van der Waals surface area contributed by atoms with Crippen molar-refractivity contribution in [1.29, 1.82) is 0 Å². The molecule has 5 heteroatoms. The normalized spacial score (nSPS) is 17.7. The minimum atomic E-state index is -1.14. The number of nitrogens with zero attached hydrogens (tertiary/aromatic N) is 2. The summed E-state index contributed by atoms with van der Waals surface area (Å²) in [5, 5.41) is 8.60. The maximum atomic E-state index is 10.5. The number of hydrogen-bond acceptors (Lipinski definition) is 4. The summed E-state index contributed by atoms with van der Waals surface area (Å²) in [6.07, 6.45) is 3.64. The largest absolute Gasteiger partial charge is 0.477 e. The van der Waals surface area contributed by atoms with Gasteiger partial charge in [0.05, 0.1) is 0 Å². The second-order valence-electron chi connectivity index (χ2n) is 3.77. The Morgan fingerprint density at radius 2 is 2.06 bits per heavy atom. The van der Waals surface area contributed by atoms with Crippen molar-refractivity contribution in [2.24, 2.45) is 10.7 Å². The van der Waals surface area contributed by atoms with Crippen LogP contribution >= 0.6 is 0 Å². The Kier molecular flexibility index (Phi) is 4.10.